The van der Waals surface area contributed by atoms with Gasteiger partial charge in [-0.3, -0.25) is 4.90 Å². The molecule has 0 unspecified atom stereocenters. The molecule has 0 radical (unpaired) electrons. The fourth-order valence-corrected chi connectivity index (χ4v) is 2.78. The summed E-state index contributed by atoms with van der Waals surface area (Å²) in [6.07, 6.45) is 5.03. The third kappa shape index (κ3) is 6.34. The van der Waals surface area contributed by atoms with Crippen LogP contribution in [0.25, 0.3) is 0 Å². The summed E-state index contributed by atoms with van der Waals surface area (Å²) in [6, 6.07) is 0. The van der Waals surface area contributed by atoms with E-state index in [1.54, 1.807) is 0 Å². The molecule has 2 heterocycles. The molecule has 0 spiro atoms. The third-order valence-electron chi connectivity index (χ3n) is 4.42. The third-order valence-corrected chi connectivity index (χ3v) is 4.42. The Bertz CT molecular complexity index is 443. The van der Waals surface area contributed by atoms with E-state index in [-0.39, 0.29) is 0 Å². The summed E-state index contributed by atoms with van der Waals surface area (Å²) in [4.78, 5) is 13.9. The second-order valence-corrected chi connectivity index (χ2v) is 6.62. The van der Waals surface area contributed by atoms with Gasteiger partial charge in [0.1, 0.15) is 0 Å². The monoisotopic (exact) mass is 335 g/mol. The maximum absolute atomic E-state index is 5.63. The molecular formula is C18H33N5O. The smallest absolute Gasteiger partial charge is 0.225 e. The van der Waals surface area contributed by atoms with Gasteiger partial charge < -0.3 is 15.0 Å². The first kappa shape index (κ1) is 19.1. The largest absolute Gasteiger partial charge is 0.380 e. The highest BCUT2D eigenvalue weighted by Gasteiger charge is 2.18. The molecule has 1 saturated heterocycles. The topological polar surface area (TPSA) is 53.5 Å². The first-order chi connectivity index (χ1) is 11.7. The van der Waals surface area contributed by atoms with Crippen molar-refractivity contribution in [2.24, 2.45) is 0 Å². The van der Waals surface area contributed by atoms with Crippen molar-refractivity contribution in [3.63, 3.8) is 0 Å². The first-order valence-electron chi connectivity index (χ1n) is 9.28. The summed E-state index contributed by atoms with van der Waals surface area (Å²) >= 11 is 0. The zero-order valence-electron chi connectivity index (χ0n) is 15.5. The maximum Gasteiger partial charge on any atom is 0.225 e. The molecule has 6 heteroatoms. The minimum Gasteiger partial charge on any atom is -0.380 e. The maximum atomic E-state index is 5.63. The van der Waals surface area contributed by atoms with Gasteiger partial charge in [0.25, 0.3) is 0 Å². The van der Waals surface area contributed by atoms with Crippen LogP contribution in [0.5, 0.6) is 0 Å². The van der Waals surface area contributed by atoms with Crippen LogP contribution in [0.3, 0.4) is 0 Å². The lowest BCUT2D eigenvalue weighted by atomic mass is 10.1. The molecule has 0 aliphatic carbocycles. The van der Waals surface area contributed by atoms with Crippen molar-refractivity contribution in [1.82, 2.24) is 20.2 Å². The molecule has 24 heavy (non-hydrogen) atoms. The number of hydrogen-bond acceptors (Lipinski definition) is 6. The summed E-state index contributed by atoms with van der Waals surface area (Å²) < 4.78 is 5.63. The number of nitrogens with one attached hydrogen (secondary N) is 1. The average molecular weight is 335 g/mol. The van der Waals surface area contributed by atoms with Gasteiger partial charge in [-0.25, -0.2) is 9.97 Å². The molecule has 6 nitrogen and oxygen atoms in total. The molecule has 0 bridgehead atoms. The normalized spacial score (nSPS) is 16.1. The minimum absolute atomic E-state index is 0.482. The molecule has 0 amide bonds. The van der Waals surface area contributed by atoms with Gasteiger partial charge in [-0.05, 0) is 24.4 Å². The Labute approximate surface area is 146 Å². The van der Waals surface area contributed by atoms with Crippen LogP contribution in [0, 0.1) is 0 Å². The standard InChI is InChI=1S/C18H33N5O/c1-4-19-6-13-24-12-5-7-22-8-10-23(11-9-22)18-20-14-17(15-21-18)16(2)3/h14-16,19H,4-13H2,1-3H3. The van der Waals surface area contributed by atoms with Gasteiger partial charge >= 0.3 is 0 Å². The number of ether oxygens (including phenoxy) is 1. The van der Waals surface area contributed by atoms with Crippen LogP contribution in [-0.2, 0) is 4.74 Å². The van der Waals surface area contributed by atoms with Gasteiger partial charge in [-0.1, -0.05) is 20.8 Å². The van der Waals surface area contributed by atoms with Crippen molar-refractivity contribution < 1.29 is 4.74 Å². The number of aromatic nitrogens is 2. The van der Waals surface area contributed by atoms with Crippen LogP contribution in [0.4, 0.5) is 5.95 Å². The molecule has 0 atom stereocenters. The van der Waals surface area contributed by atoms with Crippen molar-refractivity contribution in [2.75, 3.05) is 63.9 Å². The van der Waals surface area contributed by atoms with Gasteiger partial charge in [-0.15, -0.1) is 0 Å². The minimum atomic E-state index is 0.482. The van der Waals surface area contributed by atoms with Crippen molar-refractivity contribution in [3.05, 3.63) is 18.0 Å². The Balaban J connectivity index is 1.61. The lowest BCUT2D eigenvalue weighted by Gasteiger charge is -2.34. The SMILES string of the molecule is CCNCCOCCCN1CCN(c2ncc(C(C)C)cn2)CC1. The van der Waals surface area contributed by atoms with Crippen molar-refractivity contribution in [1.29, 1.82) is 0 Å². The van der Waals surface area contributed by atoms with Gasteiger partial charge in [0.15, 0.2) is 0 Å². The fraction of sp³-hybridized carbons (Fsp3) is 0.778. The highest BCUT2D eigenvalue weighted by molar-refractivity contribution is 5.31. The summed E-state index contributed by atoms with van der Waals surface area (Å²) in [5.41, 5.74) is 1.20. The lowest BCUT2D eigenvalue weighted by molar-refractivity contribution is 0.121. The second-order valence-electron chi connectivity index (χ2n) is 6.62. The molecule has 0 aromatic carbocycles. The molecule has 1 aliphatic rings. The Morgan fingerprint density at radius 1 is 1.12 bits per heavy atom. The molecule has 1 N–H and O–H groups in total. The van der Waals surface area contributed by atoms with Gasteiger partial charge in [0.05, 0.1) is 6.61 Å². The number of likely N-dealkylation sites (N-methyl/N-ethyl adjacent to an activating group) is 1. The van der Waals surface area contributed by atoms with Gasteiger partial charge in [0.2, 0.25) is 5.95 Å². The molecule has 136 valence electrons. The average Bonchev–Trinajstić information content (AvgIpc) is 2.61. The first-order valence-corrected chi connectivity index (χ1v) is 9.28. The van der Waals surface area contributed by atoms with Crippen molar-refractivity contribution >= 4 is 5.95 Å². The van der Waals surface area contributed by atoms with Gasteiger partial charge in [0, 0.05) is 58.3 Å². The van der Waals surface area contributed by atoms with E-state index in [1.807, 2.05) is 12.4 Å². The van der Waals surface area contributed by atoms with Crippen LogP contribution < -0.4 is 10.2 Å². The van der Waals surface area contributed by atoms with E-state index < -0.39 is 0 Å². The predicted octanol–water partition coefficient (Wildman–Crippen LogP) is 1.74. The van der Waals surface area contributed by atoms with E-state index in [1.165, 1.54) is 5.56 Å². The lowest BCUT2D eigenvalue weighted by Crippen LogP contribution is -2.47. The molecule has 1 fully saturated rings. The van der Waals surface area contributed by atoms with Crippen molar-refractivity contribution in [3.8, 4) is 0 Å². The van der Waals surface area contributed by atoms with E-state index in [4.69, 9.17) is 4.74 Å². The number of nitrogens with zero attached hydrogens (tertiary/aromatic N) is 4. The quantitative estimate of drug-likeness (QED) is 0.657. The number of rotatable bonds is 10. The Morgan fingerprint density at radius 3 is 2.46 bits per heavy atom. The zero-order valence-corrected chi connectivity index (χ0v) is 15.5. The Kier molecular flexibility index (Phi) is 8.42. The van der Waals surface area contributed by atoms with Crippen LogP contribution in [0.15, 0.2) is 12.4 Å². The van der Waals surface area contributed by atoms with E-state index in [0.29, 0.717) is 5.92 Å². The van der Waals surface area contributed by atoms with Crippen molar-refractivity contribution in [2.45, 2.75) is 33.1 Å². The molecule has 0 saturated carbocycles. The fourth-order valence-electron chi connectivity index (χ4n) is 2.78. The highest BCUT2D eigenvalue weighted by Crippen LogP contribution is 2.15. The summed E-state index contributed by atoms with van der Waals surface area (Å²) in [5, 5.41) is 3.27. The molecule has 1 aromatic heterocycles. The number of anilines is 1. The zero-order chi connectivity index (χ0) is 17.2. The predicted molar refractivity (Wildman–Crippen MR) is 98.8 cm³/mol. The van der Waals surface area contributed by atoms with Crippen LogP contribution in [-0.4, -0.2) is 73.9 Å². The van der Waals surface area contributed by atoms with Crippen LogP contribution in [0.2, 0.25) is 0 Å². The summed E-state index contributed by atoms with van der Waals surface area (Å²) in [5.74, 6) is 1.35. The van der Waals surface area contributed by atoms with E-state index in [0.717, 1.165) is 71.4 Å². The summed E-state index contributed by atoms with van der Waals surface area (Å²) in [6.45, 7) is 15.3. The number of piperazine rings is 1. The second kappa shape index (κ2) is 10.6. The van der Waals surface area contributed by atoms with E-state index >= 15 is 0 Å². The van der Waals surface area contributed by atoms with Gasteiger partial charge in [-0.2, -0.15) is 0 Å². The van der Waals surface area contributed by atoms with Crippen LogP contribution >= 0.6 is 0 Å². The summed E-state index contributed by atoms with van der Waals surface area (Å²) in [7, 11) is 0. The van der Waals surface area contributed by atoms with E-state index in [9.17, 15) is 0 Å². The van der Waals surface area contributed by atoms with E-state index in [2.05, 4.69) is 45.9 Å². The highest BCUT2D eigenvalue weighted by atomic mass is 16.5. The Morgan fingerprint density at radius 2 is 1.83 bits per heavy atom. The molecule has 1 aromatic rings. The molecule has 1 aliphatic heterocycles. The number of hydrogen-bond donors (Lipinski definition) is 1. The van der Waals surface area contributed by atoms with Crippen LogP contribution in [0.1, 0.15) is 38.7 Å². The molecule has 2 rings (SSSR count). The molecular weight excluding hydrogens is 302 g/mol. The Hall–Kier alpha value is -1.24.